The molecule has 1 saturated carbocycles. The molecule has 2 aliphatic rings. The standard InChI is InChI=1S/C10H18N2O2/c13-10(12-7-3-4-8-12)11-14-9-5-1-2-6-9/h9H,1-8H2,(H,11,13). The summed E-state index contributed by atoms with van der Waals surface area (Å²) in [7, 11) is 0. The number of nitrogens with zero attached hydrogens (tertiary/aromatic N) is 1. The molecule has 0 spiro atoms. The Morgan fingerprint density at radius 3 is 2.43 bits per heavy atom. The molecular weight excluding hydrogens is 180 g/mol. The number of amides is 2. The van der Waals surface area contributed by atoms with Gasteiger partial charge in [0.05, 0.1) is 6.10 Å². The molecule has 0 atom stereocenters. The van der Waals surface area contributed by atoms with Crippen molar-refractivity contribution in [2.75, 3.05) is 13.1 Å². The summed E-state index contributed by atoms with van der Waals surface area (Å²) in [6.45, 7) is 1.75. The van der Waals surface area contributed by atoms with Crippen LogP contribution in [-0.4, -0.2) is 30.1 Å². The number of hydroxylamine groups is 1. The van der Waals surface area contributed by atoms with Crippen LogP contribution in [0.25, 0.3) is 0 Å². The van der Waals surface area contributed by atoms with E-state index in [0.29, 0.717) is 0 Å². The Morgan fingerprint density at radius 2 is 1.79 bits per heavy atom. The molecule has 0 aromatic carbocycles. The first-order valence-corrected chi connectivity index (χ1v) is 5.57. The van der Waals surface area contributed by atoms with E-state index in [1.807, 2.05) is 4.90 Å². The third-order valence-electron chi connectivity index (χ3n) is 3.01. The van der Waals surface area contributed by atoms with E-state index < -0.39 is 0 Å². The lowest BCUT2D eigenvalue weighted by atomic mass is 10.3. The van der Waals surface area contributed by atoms with Crippen LogP contribution in [0.3, 0.4) is 0 Å². The van der Waals surface area contributed by atoms with Gasteiger partial charge in [0.25, 0.3) is 0 Å². The third-order valence-corrected chi connectivity index (χ3v) is 3.01. The van der Waals surface area contributed by atoms with E-state index in [-0.39, 0.29) is 12.1 Å². The molecule has 1 saturated heterocycles. The van der Waals surface area contributed by atoms with Crippen LogP contribution in [0.5, 0.6) is 0 Å². The number of nitrogens with one attached hydrogen (secondary N) is 1. The van der Waals surface area contributed by atoms with Crippen molar-refractivity contribution in [1.82, 2.24) is 10.4 Å². The van der Waals surface area contributed by atoms with Crippen LogP contribution in [-0.2, 0) is 4.84 Å². The number of hydrogen-bond acceptors (Lipinski definition) is 2. The topological polar surface area (TPSA) is 41.6 Å². The zero-order valence-corrected chi connectivity index (χ0v) is 8.50. The molecule has 0 bridgehead atoms. The van der Waals surface area contributed by atoms with Gasteiger partial charge in [0, 0.05) is 13.1 Å². The van der Waals surface area contributed by atoms with E-state index in [1.54, 1.807) is 0 Å². The van der Waals surface area contributed by atoms with Gasteiger partial charge in [0.1, 0.15) is 0 Å². The van der Waals surface area contributed by atoms with Crippen LogP contribution in [0.2, 0.25) is 0 Å². The van der Waals surface area contributed by atoms with Crippen molar-refractivity contribution in [1.29, 1.82) is 0 Å². The lowest BCUT2D eigenvalue weighted by Gasteiger charge is -2.17. The van der Waals surface area contributed by atoms with Crippen molar-refractivity contribution < 1.29 is 9.63 Å². The molecule has 0 unspecified atom stereocenters. The van der Waals surface area contributed by atoms with E-state index >= 15 is 0 Å². The summed E-state index contributed by atoms with van der Waals surface area (Å²) in [5, 5.41) is 0. The molecular formula is C10H18N2O2. The molecule has 0 aromatic heterocycles. The summed E-state index contributed by atoms with van der Waals surface area (Å²) in [6.07, 6.45) is 7.12. The molecule has 1 aliphatic heterocycles. The highest BCUT2D eigenvalue weighted by Gasteiger charge is 2.20. The first-order valence-electron chi connectivity index (χ1n) is 5.57. The largest absolute Gasteiger partial charge is 0.341 e. The molecule has 80 valence electrons. The van der Waals surface area contributed by atoms with Crippen molar-refractivity contribution in [3.63, 3.8) is 0 Å². The van der Waals surface area contributed by atoms with Gasteiger partial charge in [-0.1, -0.05) is 12.8 Å². The van der Waals surface area contributed by atoms with Gasteiger partial charge in [-0.15, -0.1) is 0 Å². The molecule has 0 aromatic rings. The van der Waals surface area contributed by atoms with E-state index in [0.717, 1.165) is 38.8 Å². The molecule has 1 N–H and O–H groups in total. The molecule has 1 aliphatic carbocycles. The number of rotatable bonds is 2. The minimum Gasteiger partial charge on any atom is -0.323 e. The normalized spacial score (nSPS) is 23.0. The predicted molar refractivity (Wildman–Crippen MR) is 52.7 cm³/mol. The Hall–Kier alpha value is -0.770. The first-order chi connectivity index (χ1) is 6.86. The summed E-state index contributed by atoms with van der Waals surface area (Å²) in [5.74, 6) is 0. The Bertz CT molecular complexity index is 196. The highest BCUT2D eigenvalue weighted by molar-refractivity contribution is 5.73. The fraction of sp³-hybridized carbons (Fsp3) is 0.900. The summed E-state index contributed by atoms with van der Waals surface area (Å²) < 4.78 is 0. The van der Waals surface area contributed by atoms with Crippen LogP contribution < -0.4 is 5.48 Å². The van der Waals surface area contributed by atoms with Crippen molar-refractivity contribution in [2.45, 2.75) is 44.6 Å². The fourth-order valence-electron chi connectivity index (χ4n) is 2.12. The van der Waals surface area contributed by atoms with Crippen LogP contribution in [0, 0.1) is 0 Å². The zero-order valence-electron chi connectivity index (χ0n) is 8.50. The SMILES string of the molecule is O=C(NOC1CCCC1)N1CCCC1. The lowest BCUT2D eigenvalue weighted by molar-refractivity contribution is -0.00672. The zero-order chi connectivity index (χ0) is 9.80. The smallest absolute Gasteiger partial charge is 0.323 e. The average molecular weight is 198 g/mol. The first kappa shape index (κ1) is 9.77. The van der Waals surface area contributed by atoms with Crippen LogP contribution >= 0.6 is 0 Å². The quantitative estimate of drug-likeness (QED) is 0.686. The molecule has 0 radical (unpaired) electrons. The van der Waals surface area contributed by atoms with E-state index in [1.165, 1.54) is 12.8 Å². The summed E-state index contributed by atoms with van der Waals surface area (Å²) in [5.41, 5.74) is 2.55. The van der Waals surface area contributed by atoms with Gasteiger partial charge in [-0.3, -0.25) is 4.84 Å². The second kappa shape index (κ2) is 4.64. The van der Waals surface area contributed by atoms with Crippen LogP contribution in [0.1, 0.15) is 38.5 Å². The predicted octanol–water partition coefficient (Wildman–Crippen LogP) is 1.67. The minimum atomic E-state index is -0.0607. The average Bonchev–Trinajstić information content (AvgIpc) is 2.87. The number of urea groups is 1. The minimum absolute atomic E-state index is 0.0607. The Balaban J connectivity index is 1.66. The van der Waals surface area contributed by atoms with Crippen molar-refractivity contribution in [2.24, 2.45) is 0 Å². The van der Waals surface area contributed by atoms with Crippen LogP contribution in [0.15, 0.2) is 0 Å². The summed E-state index contributed by atoms with van der Waals surface area (Å²) in [6, 6.07) is -0.0607. The second-order valence-electron chi connectivity index (χ2n) is 4.13. The van der Waals surface area contributed by atoms with Gasteiger partial charge in [-0.25, -0.2) is 10.3 Å². The number of carbonyl (C=O) groups is 1. The molecule has 4 nitrogen and oxygen atoms in total. The van der Waals surface area contributed by atoms with Crippen molar-refractivity contribution >= 4 is 6.03 Å². The number of carbonyl (C=O) groups excluding carboxylic acids is 1. The van der Waals surface area contributed by atoms with Gasteiger partial charge in [-0.2, -0.15) is 0 Å². The summed E-state index contributed by atoms with van der Waals surface area (Å²) >= 11 is 0. The third kappa shape index (κ3) is 2.38. The molecule has 14 heavy (non-hydrogen) atoms. The number of likely N-dealkylation sites (tertiary alicyclic amines) is 1. The Labute approximate surface area is 84.6 Å². The maximum absolute atomic E-state index is 11.5. The highest BCUT2D eigenvalue weighted by atomic mass is 16.7. The van der Waals surface area contributed by atoms with E-state index in [9.17, 15) is 4.79 Å². The summed E-state index contributed by atoms with van der Waals surface area (Å²) in [4.78, 5) is 18.6. The monoisotopic (exact) mass is 198 g/mol. The fourth-order valence-corrected chi connectivity index (χ4v) is 2.12. The maximum atomic E-state index is 11.5. The molecule has 1 heterocycles. The Kier molecular flexibility index (Phi) is 3.24. The second-order valence-corrected chi connectivity index (χ2v) is 4.13. The maximum Gasteiger partial charge on any atom is 0.341 e. The highest BCUT2D eigenvalue weighted by Crippen LogP contribution is 2.20. The van der Waals surface area contributed by atoms with Gasteiger partial charge < -0.3 is 4.90 Å². The van der Waals surface area contributed by atoms with E-state index in [2.05, 4.69) is 5.48 Å². The Morgan fingerprint density at radius 1 is 1.14 bits per heavy atom. The van der Waals surface area contributed by atoms with Crippen LogP contribution in [0.4, 0.5) is 4.79 Å². The lowest BCUT2D eigenvalue weighted by Crippen LogP contribution is -2.39. The van der Waals surface area contributed by atoms with Gasteiger partial charge in [0.15, 0.2) is 0 Å². The molecule has 2 fully saturated rings. The van der Waals surface area contributed by atoms with Crippen molar-refractivity contribution in [3.05, 3.63) is 0 Å². The van der Waals surface area contributed by atoms with Gasteiger partial charge >= 0.3 is 6.03 Å². The molecule has 4 heteroatoms. The molecule has 2 rings (SSSR count). The number of hydrogen-bond donors (Lipinski definition) is 1. The van der Waals surface area contributed by atoms with Gasteiger partial charge in [-0.05, 0) is 25.7 Å². The molecule has 2 amide bonds. The van der Waals surface area contributed by atoms with Gasteiger partial charge in [0.2, 0.25) is 0 Å². The van der Waals surface area contributed by atoms with Crippen molar-refractivity contribution in [3.8, 4) is 0 Å². The van der Waals surface area contributed by atoms with E-state index in [4.69, 9.17) is 4.84 Å².